The first-order valence-corrected chi connectivity index (χ1v) is 9.81. The maximum absolute atomic E-state index is 12.1. The van der Waals surface area contributed by atoms with E-state index in [2.05, 4.69) is 10.3 Å². The highest BCUT2D eigenvalue weighted by Gasteiger charge is 2.22. The van der Waals surface area contributed by atoms with Gasteiger partial charge >= 0.3 is 0 Å². The van der Waals surface area contributed by atoms with E-state index in [1.807, 2.05) is 13.8 Å². The van der Waals surface area contributed by atoms with Gasteiger partial charge in [-0.05, 0) is 26.7 Å². The molecule has 0 aliphatic heterocycles. The molecule has 0 unspecified atom stereocenters. The van der Waals surface area contributed by atoms with Gasteiger partial charge in [0.2, 0.25) is 5.89 Å². The highest BCUT2D eigenvalue weighted by molar-refractivity contribution is 6.53. The van der Waals surface area contributed by atoms with Gasteiger partial charge in [-0.3, -0.25) is 9.59 Å². The Morgan fingerprint density at radius 3 is 2.52 bits per heavy atom. The molecule has 1 rings (SSSR count). The van der Waals surface area contributed by atoms with Crippen molar-refractivity contribution >= 4 is 35.0 Å². The molecular formula is C17H27Cl2N3O5. The number of rotatable bonds is 14. The fourth-order valence-corrected chi connectivity index (χ4v) is 2.45. The first-order chi connectivity index (χ1) is 13.0. The number of carbonyl (C=O) groups excluding carboxylic acids is 2. The van der Waals surface area contributed by atoms with Crippen molar-refractivity contribution in [1.82, 2.24) is 15.2 Å². The van der Waals surface area contributed by atoms with Crippen LogP contribution in [0.25, 0.3) is 0 Å². The van der Waals surface area contributed by atoms with Crippen LogP contribution in [-0.4, -0.2) is 66.1 Å². The number of nitrogens with one attached hydrogen (secondary N) is 1. The molecule has 27 heavy (non-hydrogen) atoms. The van der Waals surface area contributed by atoms with Gasteiger partial charge in [-0.2, -0.15) is 0 Å². The maximum atomic E-state index is 12.1. The van der Waals surface area contributed by atoms with Crippen molar-refractivity contribution in [1.29, 1.82) is 0 Å². The third-order valence-electron chi connectivity index (χ3n) is 3.48. The second-order valence-corrected chi connectivity index (χ2v) is 6.64. The Balaban J connectivity index is 2.56. The third kappa shape index (κ3) is 9.41. The van der Waals surface area contributed by atoms with Gasteiger partial charge in [-0.1, -0.05) is 23.2 Å². The van der Waals surface area contributed by atoms with E-state index in [4.69, 9.17) is 37.1 Å². The first kappa shape index (κ1) is 23.7. The predicted octanol–water partition coefficient (Wildman–Crippen LogP) is 2.39. The number of aromatic nitrogens is 1. The molecular weight excluding hydrogens is 397 g/mol. The van der Waals surface area contributed by atoms with Gasteiger partial charge in [0.05, 0.1) is 6.54 Å². The second kappa shape index (κ2) is 13.8. The van der Waals surface area contributed by atoms with Gasteiger partial charge < -0.3 is 24.1 Å². The Morgan fingerprint density at radius 1 is 1.22 bits per heavy atom. The van der Waals surface area contributed by atoms with Crippen LogP contribution in [-0.2, 0) is 20.8 Å². The van der Waals surface area contributed by atoms with E-state index in [-0.39, 0.29) is 24.0 Å². The molecule has 0 spiro atoms. The quantitative estimate of drug-likeness (QED) is 0.364. The van der Waals surface area contributed by atoms with E-state index >= 15 is 0 Å². The Labute approximate surface area is 169 Å². The largest absolute Gasteiger partial charge is 0.446 e. The van der Waals surface area contributed by atoms with Gasteiger partial charge in [0.25, 0.3) is 11.8 Å². The lowest BCUT2D eigenvalue weighted by molar-refractivity contribution is -0.130. The molecule has 0 atom stereocenters. The van der Waals surface area contributed by atoms with E-state index in [0.717, 1.165) is 0 Å². The van der Waals surface area contributed by atoms with Gasteiger partial charge in [-0.25, -0.2) is 4.98 Å². The Hall–Kier alpha value is -1.35. The fraction of sp³-hybridized carbons (Fsp3) is 0.706. The molecule has 8 nitrogen and oxygen atoms in total. The number of hydrogen-bond acceptors (Lipinski definition) is 6. The lowest BCUT2D eigenvalue weighted by atomic mass is 10.3. The normalized spacial score (nSPS) is 11.0. The molecule has 0 saturated heterocycles. The molecule has 0 saturated carbocycles. The molecule has 154 valence electrons. The van der Waals surface area contributed by atoms with Gasteiger partial charge in [-0.15, -0.1) is 0 Å². The minimum atomic E-state index is -1.18. The van der Waals surface area contributed by atoms with Crippen LogP contribution in [0, 0.1) is 0 Å². The number of oxazole rings is 1. The Kier molecular flexibility index (Phi) is 12.1. The minimum Gasteiger partial charge on any atom is -0.446 e. The third-order valence-corrected chi connectivity index (χ3v) is 3.86. The molecule has 0 bridgehead atoms. The lowest BCUT2D eigenvalue weighted by Gasteiger charge is -2.21. The van der Waals surface area contributed by atoms with Gasteiger partial charge in [0, 0.05) is 39.5 Å². The molecule has 1 aromatic heterocycles. The molecule has 1 N–H and O–H groups in total. The monoisotopic (exact) mass is 423 g/mol. The van der Waals surface area contributed by atoms with Crippen LogP contribution < -0.4 is 5.32 Å². The second-order valence-electron chi connectivity index (χ2n) is 5.54. The van der Waals surface area contributed by atoms with Crippen LogP contribution in [0.5, 0.6) is 0 Å². The summed E-state index contributed by atoms with van der Waals surface area (Å²) < 4.78 is 15.8. The van der Waals surface area contributed by atoms with Crippen LogP contribution in [0.2, 0.25) is 0 Å². The van der Waals surface area contributed by atoms with Crippen molar-refractivity contribution in [3.63, 3.8) is 0 Å². The zero-order chi connectivity index (χ0) is 20.1. The summed E-state index contributed by atoms with van der Waals surface area (Å²) in [7, 11) is 0. The van der Waals surface area contributed by atoms with Crippen LogP contribution in [0.1, 0.15) is 43.1 Å². The van der Waals surface area contributed by atoms with Crippen molar-refractivity contribution in [2.24, 2.45) is 0 Å². The predicted molar refractivity (Wildman–Crippen MR) is 102 cm³/mol. The van der Waals surface area contributed by atoms with Crippen molar-refractivity contribution in [2.45, 2.75) is 38.1 Å². The number of carbonyl (C=O) groups is 2. The number of hydrogen-bond donors (Lipinski definition) is 1. The summed E-state index contributed by atoms with van der Waals surface area (Å²) in [5.41, 5.74) is 0.149. The summed E-state index contributed by atoms with van der Waals surface area (Å²) in [6.45, 7) is 7.08. The molecule has 1 heterocycles. The van der Waals surface area contributed by atoms with Crippen LogP contribution in [0.4, 0.5) is 0 Å². The van der Waals surface area contributed by atoms with Crippen LogP contribution >= 0.6 is 23.2 Å². The molecule has 0 aliphatic carbocycles. The maximum Gasteiger partial charge on any atom is 0.273 e. The average Bonchev–Trinajstić information content (AvgIpc) is 3.12. The van der Waals surface area contributed by atoms with E-state index in [1.165, 1.54) is 11.2 Å². The first-order valence-electron chi connectivity index (χ1n) is 8.94. The summed E-state index contributed by atoms with van der Waals surface area (Å²) in [6.07, 6.45) is 2.59. The summed E-state index contributed by atoms with van der Waals surface area (Å²) in [6, 6.07) is 0. The van der Waals surface area contributed by atoms with Crippen molar-refractivity contribution in [2.75, 3.05) is 39.5 Å². The standard InChI is InChI=1S/C17H27Cl2N3O5/c1-3-25-9-5-7-20-16(23)13-12-27-14(21-13)11-22(17(24)15(18)19)8-6-10-26-4-2/h12,15H,3-11H2,1-2H3,(H,20,23). The van der Waals surface area contributed by atoms with E-state index in [0.29, 0.717) is 52.4 Å². The molecule has 0 aromatic carbocycles. The summed E-state index contributed by atoms with van der Waals surface area (Å²) in [4.78, 5) is 28.6. The number of alkyl halides is 2. The minimum absolute atomic E-state index is 0.0680. The van der Waals surface area contributed by atoms with E-state index in [9.17, 15) is 9.59 Å². The van der Waals surface area contributed by atoms with E-state index in [1.54, 1.807) is 0 Å². The molecule has 10 heteroatoms. The molecule has 0 fully saturated rings. The lowest BCUT2D eigenvalue weighted by Crippen LogP contribution is -2.35. The average molecular weight is 424 g/mol. The smallest absolute Gasteiger partial charge is 0.273 e. The zero-order valence-electron chi connectivity index (χ0n) is 15.7. The van der Waals surface area contributed by atoms with Gasteiger partial charge in [0.15, 0.2) is 10.5 Å². The topological polar surface area (TPSA) is 93.9 Å². The summed E-state index contributed by atoms with van der Waals surface area (Å²) in [5.74, 6) is -0.563. The number of halogens is 2. The Morgan fingerprint density at radius 2 is 1.89 bits per heavy atom. The molecule has 2 amide bonds. The molecule has 0 aliphatic rings. The van der Waals surface area contributed by atoms with Crippen molar-refractivity contribution in [3.8, 4) is 0 Å². The number of amides is 2. The van der Waals surface area contributed by atoms with Crippen molar-refractivity contribution < 1.29 is 23.5 Å². The van der Waals surface area contributed by atoms with Gasteiger partial charge in [0.1, 0.15) is 6.26 Å². The fourth-order valence-electron chi connectivity index (χ4n) is 2.17. The molecule has 1 aromatic rings. The highest BCUT2D eigenvalue weighted by Crippen LogP contribution is 2.12. The van der Waals surface area contributed by atoms with Crippen molar-refractivity contribution in [3.05, 3.63) is 17.8 Å². The summed E-state index contributed by atoms with van der Waals surface area (Å²) >= 11 is 11.4. The Bertz CT molecular complexity index is 569. The van der Waals surface area contributed by atoms with Crippen LogP contribution in [0.3, 0.4) is 0 Å². The number of ether oxygens (including phenoxy) is 2. The highest BCUT2D eigenvalue weighted by atomic mass is 35.5. The molecule has 0 radical (unpaired) electrons. The summed E-state index contributed by atoms with van der Waals surface area (Å²) in [5, 5.41) is 2.73. The zero-order valence-corrected chi connectivity index (χ0v) is 17.2. The number of nitrogens with zero attached hydrogens (tertiary/aromatic N) is 2. The van der Waals surface area contributed by atoms with Crippen LogP contribution in [0.15, 0.2) is 10.7 Å². The van der Waals surface area contributed by atoms with E-state index < -0.39 is 10.7 Å². The SMILES string of the molecule is CCOCCCNC(=O)c1coc(CN(CCCOCC)C(=O)C(Cl)Cl)n1.